The second kappa shape index (κ2) is 63.2. The molecule has 2 atom stereocenters. The highest BCUT2D eigenvalue weighted by Gasteiger charge is 2.26. The Bertz CT molecular complexity index is 1400. The number of unbranched alkanes of at least 4 members (excludes halogenated alkanes) is 42. The molecule has 9 nitrogen and oxygen atoms in total. The van der Waals surface area contributed by atoms with E-state index in [0.29, 0.717) is 6.42 Å². The van der Waals surface area contributed by atoms with Crippen LogP contribution in [0.4, 0.5) is 0 Å². The van der Waals surface area contributed by atoms with Crippen LogP contribution in [0.5, 0.6) is 0 Å². The molecule has 0 saturated heterocycles. The standard InChI is InChI=1S/C67H126NO8P/c1-3-5-7-9-11-13-15-17-19-21-22-23-24-25-26-27-28-29-30-31-32-33-34-35-36-37-38-39-40-41-42-44-46-48-50-52-54-56-58-60-67(70)76-65(64-75-77(71,72)74-62-61-68)63-73-66(69)59-57-55-53-51-49-47-45-43-20-18-16-14-12-10-8-6-4-2/h12,14-15,17-18,20-22,65H,3-11,13,16,19,23-64,68H2,1-2H3,(H,71,72)/b14-12-,17-15-,20-18-,22-21-. The van der Waals surface area contributed by atoms with Crippen molar-refractivity contribution >= 4 is 19.8 Å². The van der Waals surface area contributed by atoms with Gasteiger partial charge in [-0.1, -0.05) is 294 Å². The van der Waals surface area contributed by atoms with E-state index < -0.39 is 26.5 Å². The first-order chi connectivity index (χ1) is 37.8. The van der Waals surface area contributed by atoms with Gasteiger partial charge in [0.05, 0.1) is 13.2 Å². The van der Waals surface area contributed by atoms with Gasteiger partial charge in [-0.3, -0.25) is 18.6 Å². The lowest BCUT2D eigenvalue weighted by Gasteiger charge is -2.19. The third-order valence-electron chi connectivity index (χ3n) is 14.7. The van der Waals surface area contributed by atoms with Crippen molar-refractivity contribution in [1.82, 2.24) is 0 Å². The van der Waals surface area contributed by atoms with E-state index in [-0.39, 0.29) is 38.6 Å². The number of allylic oxidation sites excluding steroid dienone is 8. The third kappa shape index (κ3) is 63.0. The number of hydrogen-bond donors (Lipinski definition) is 2. The van der Waals surface area contributed by atoms with Crippen molar-refractivity contribution in [2.24, 2.45) is 5.73 Å². The van der Waals surface area contributed by atoms with Crippen LogP contribution in [0, 0.1) is 0 Å². The molecule has 0 bridgehead atoms. The first-order valence-corrected chi connectivity index (χ1v) is 34.6. The average Bonchev–Trinajstić information content (AvgIpc) is 3.42. The van der Waals surface area contributed by atoms with Gasteiger partial charge in [0.1, 0.15) is 6.61 Å². The Morgan fingerprint density at radius 3 is 1.01 bits per heavy atom. The highest BCUT2D eigenvalue weighted by molar-refractivity contribution is 7.47. The number of rotatable bonds is 63. The highest BCUT2D eigenvalue weighted by Crippen LogP contribution is 2.43. The Morgan fingerprint density at radius 1 is 0.390 bits per heavy atom. The van der Waals surface area contributed by atoms with E-state index in [2.05, 4.69) is 62.5 Å². The molecule has 0 aromatic carbocycles. The molecule has 0 aromatic heterocycles. The van der Waals surface area contributed by atoms with Gasteiger partial charge in [-0.05, 0) is 77.0 Å². The molecule has 0 spiro atoms. The van der Waals surface area contributed by atoms with Crippen LogP contribution in [-0.2, 0) is 32.7 Å². The molecule has 0 fully saturated rings. The summed E-state index contributed by atoms with van der Waals surface area (Å²) < 4.78 is 33.1. The van der Waals surface area contributed by atoms with Crippen molar-refractivity contribution in [3.63, 3.8) is 0 Å². The normalized spacial score (nSPS) is 13.2. The number of ether oxygens (including phenoxy) is 2. The van der Waals surface area contributed by atoms with E-state index >= 15 is 0 Å². The van der Waals surface area contributed by atoms with Gasteiger partial charge < -0.3 is 20.1 Å². The number of nitrogens with two attached hydrogens (primary N) is 1. The fourth-order valence-corrected chi connectivity index (χ4v) is 10.5. The van der Waals surface area contributed by atoms with Crippen LogP contribution < -0.4 is 5.73 Å². The van der Waals surface area contributed by atoms with Crippen molar-refractivity contribution in [3.05, 3.63) is 48.6 Å². The van der Waals surface area contributed by atoms with Crippen molar-refractivity contribution in [1.29, 1.82) is 0 Å². The second-order valence-corrected chi connectivity index (χ2v) is 23.8. The van der Waals surface area contributed by atoms with Crippen LogP contribution in [0.3, 0.4) is 0 Å². The summed E-state index contributed by atoms with van der Waals surface area (Å²) in [4.78, 5) is 35.2. The van der Waals surface area contributed by atoms with Crippen LogP contribution in [-0.4, -0.2) is 49.3 Å². The van der Waals surface area contributed by atoms with Gasteiger partial charge in [0.25, 0.3) is 0 Å². The molecule has 0 aliphatic carbocycles. The van der Waals surface area contributed by atoms with E-state index in [1.807, 2.05) is 0 Å². The molecule has 0 amide bonds. The summed E-state index contributed by atoms with van der Waals surface area (Å²) in [6.07, 6.45) is 79.3. The van der Waals surface area contributed by atoms with Gasteiger partial charge in [-0.15, -0.1) is 0 Å². The van der Waals surface area contributed by atoms with Gasteiger partial charge >= 0.3 is 19.8 Å². The van der Waals surface area contributed by atoms with Crippen LogP contribution in [0.25, 0.3) is 0 Å². The summed E-state index contributed by atoms with van der Waals surface area (Å²) in [7, 11) is -4.39. The predicted octanol–water partition coefficient (Wildman–Crippen LogP) is 21.3. The number of hydrogen-bond acceptors (Lipinski definition) is 8. The zero-order chi connectivity index (χ0) is 55.9. The summed E-state index contributed by atoms with van der Waals surface area (Å²) in [5.41, 5.74) is 5.39. The van der Waals surface area contributed by atoms with Gasteiger partial charge in [0, 0.05) is 19.4 Å². The van der Waals surface area contributed by atoms with Gasteiger partial charge in [0.2, 0.25) is 0 Å². The molecule has 0 saturated carbocycles. The topological polar surface area (TPSA) is 134 Å². The Labute approximate surface area is 477 Å². The minimum Gasteiger partial charge on any atom is -0.462 e. The van der Waals surface area contributed by atoms with Gasteiger partial charge in [-0.2, -0.15) is 0 Å². The molecular weight excluding hydrogens is 978 g/mol. The van der Waals surface area contributed by atoms with Crippen LogP contribution >= 0.6 is 7.82 Å². The molecule has 0 aliphatic rings. The van der Waals surface area contributed by atoms with Crippen LogP contribution in [0.2, 0.25) is 0 Å². The molecule has 0 aliphatic heterocycles. The lowest BCUT2D eigenvalue weighted by molar-refractivity contribution is -0.161. The third-order valence-corrected chi connectivity index (χ3v) is 15.7. The largest absolute Gasteiger partial charge is 0.472 e. The predicted molar refractivity (Wildman–Crippen MR) is 330 cm³/mol. The minimum absolute atomic E-state index is 0.0533. The molecule has 0 heterocycles. The highest BCUT2D eigenvalue weighted by atomic mass is 31.2. The number of carbonyl (C=O) groups excluding carboxylic acids is 2. The quantitative estimate of drug-likeness (QED) is 0.0264. The SMILES string of the molecule is CCCCC/C=C\C/C=C\CCCCCCCCCC(=O)OCC(COP(=O)(O)OCCN)OC(=O)CCCCCCCCCCCCCCCCCCCCCCCCCCCCC/C=C\C/C=C\CCCCCCC. The maximum absolute atomic E-state index is 12.7. The maximum Gasteiger partial charge on any atom is 0.472 e. The Balaban J connectivity index is 3.76. The van der Waals surface area contributed by atoms with Crippen molar-refractivity contribution in [2.75, 3.05) is 26.4 Å². The van der Waals surface area contributed by atoms with Crippen LogP contribution in [0.15, 0.2) is 48.6 Å². The molecular formula is C67H126NO8P. The number of phosphoric acid groups is 1. The summed E-state index contributed by atoms with van der Waals surface area (Å²) in [5, 5.41) is 0. The zero-order valence-corrected chi connectivity index (χ0v) is 51.6. The van der Waals surface area contributed by atoms with E-state index in [9.17, 15) is 19.0 Å². The first-order valence-electron chi connectivity index (χ1n) is 33.1. The smallest absolute Gasteiger partial charge is 0.462 e. The fraction of sp³-hybridized carbons (Fsp3) is 0.851. The number of carbonyl (C=O) groups is 2. The maximum atomic E-state index is 12.7. The summed E-state index contributed by atoms with van der Waals surface area (Å²) in [6, 6.07) is 0. The molecule has 77 heavy (non-hydrogen) atoms. The first kappa shape index (κ1) is 75.0. The van der Waals surface area contributed by atoms with Crippen molar-refractivity contribution in [3.8, 4) is 0 Å². The van der Waals surface area contributed by atoms with Gasteiger partial charge in [0.15, 0.2) is 6.10 Å². The molecule has 2 unspecified atom stereocenters. The second-order valence-electron chi connectivity index (χ2n) is 22.3. The monoisotopic (exact) mass is 1100 g/mol. The van der Waals surface area contributed by atoms with Gasteiger partial charge in [-0.25, -0.2) is 4.57 Å². The van der Waals surface area contributed by atoms with E-state index in [0.717, 1.165) is 57.8 Å². The molecule has 10 heteroatoms. The lowest BCUT2D eigenvalue weighted by Crippen LogP contribution is -2.29. The fourth-order valence-electron chi connectivity index (χ4n) is 9.76. The minimum atomic E-state index is -4.39. The lowest BCUT2D eigenvalue weighted by atomic mass is 10.0. The van der Waals surface area contributed by atoms with Crippen molar-refractivity contribution in [2.45, 2.75) is 341 Å². The summed E-state index contributed by atoms with van der Waals surface area (Å²) >= 11 is 0. The average molecular weight is 1100 g/mol. The molecule has 0 aromatic rings. The Morgan fingerprint density at radius 2 is 0.675 bits per heavy atom. The number of phosphoric ester groups is 1. The zero-order valence-electron chi connectivity index (χ0n) is 50.7. The summed E-state index contributed by atoms with van der Waals surface area (Å²) in [5.74, 6) is -0.822. The van der Waals surface area contributed by atoms with E-state index in [4.69, 9.17) is 24.3 Å². The Kier molecular flexibility index (Phi) is 61.5. The van der Waals surface area contributed by atoms with Crippen molar-refractivity contribution < 1.29 is 37.6 Å². The number of esters is 2. The Hall–Kier alpha value is -2.03. The van der Waals surface area contributed by atoms with Crippen LogP contribution in [0.1, 0.15) is 335 Å². The molecule has 0 radical (unpaired) electrons. The molecule has 0 rings (SSSR count). The van der Waals surface area contributed by atoms with E-state index in [1.54, 1.807) is 0 Å². The van der Waals surface area contributed by atoms with E-state index in [1.165, 1.54) is 244 Å². The molecule has 3 N–H and O–H groups in total. The molecule has 452 valence electrons. The summed E-state index contributed by atoms with van der Waals surface area (Å²) in [6.45, 7) is 3.74.